The lowest BCUT2D eigenvalue weighted by molar-refractivity contribution is -0.148. The number of ether oxygens (including phenoxy) is 1. The lowest BCUT2D eigenvalue weighted by Crippen LogP contribution is -2.30. The van der Waals surface area contributed by atoms with E-state index in [0.29, 0.717) is 0 Å². The number of anilines is 1. The van der Waals surface area contributed by atoms with Gasteiger partial charge in [-0.05, 0) is 47.5 Å². The lowest BCUT2D eigenvalue weighted by Gasteiger charge is -2.16. The number of para-hydroxylation sites is 1. The minimum atomic E-state index is -4.60. The molecule has 1 amide bonds. The van der Waals surface area contributed by atoms with Crippen LogP contribution in [0.3, 0.4) is 0 Å². The molecule has 0 aliphatic rings. The highest BCUT2D eigenvalue weighted by atomic mass is 32.1. The third-order valence-electron chi connectivity index (χ3n) is 3.11. The molecule has 1 heterocycles. The standard InChI is InChI=1S/C17H14F3NO3S/c1-11(24-15(22)7-6-12-8-9-25-10-12)16(23)21-14-5-3-2-4-13(14)17(18,19)20/h2-11H,1H3,(H,21,23)/b7-6+/t11-/m0/s1. The maximum absolute atomic E-state index is 12.9. The number of nitrogens with one attached hydrogen (secondary N) is 1. The number of benzene rings is 1. The molecule has 0 radical (unpaired) electrons. The molecule has 0 aliphatic carbocycles. The third kappa shape index (κ3) is 5.46. The first-order valence-electron chi connectivity index (χ1n) is 7.15. The van der Waals surface area contributed by atoms with Crippen LogP contribution in [-0.4, -0.2) is 18.0 Å². The predicted octanol–water partition coefficient (Wildman–Crippen LogP) is 4.35. The Morgan fingerprint density at radius 3 is 2.60 bits per heavy atom. The van der Waals surface area contributed by atoms with Crippen LogP contribution in [0, 0.1) is 0 Å². The Hall–Kier alpha value is -2.61. The number of hydrogen-bond donors (Lipinski definition) is 1. The number of hydrogen-bond acceptors (Lipinski definition) is 4. The number of carbonyl (C=O) groups excluding carboxylic acids is 2. The molecule has 8 heteroatoms. The second-order valence-electron chi connectivity index (χ2n) is 5.00. The minimum absolute atomic E-state index is 0.392. The third-order valence-corrected chi connectivity index (χ3v) is 3.81. The highest BCUT2D eigenvalue weighted by Gasteiger charge is 2.34. The molecule has 1 N–H and O–H groups in total. The van der Waals surface area contributed by atoms with Crippen LogP contribution in [0.5, 0.6) is 0 Å². The second kappa shape index (κ2) is 7.98. The molecule has 0 spiro atoms. The van der Waals surface area contributed by atoms with Crippen molar-refractivity contribution >= 4 is 35.0 Å². The highest BCUT2D eigenvalue weighted by molar-refractivity contribution is 7.08. The Labute approximate surface area is 145 Å². The zero-order chi connectivity index (χ0) is 18.4. The van der Waals surface area contributed by atoms with Crippen molar-refractivity contribution in [1.29, 1.82) is 0 Å². The van der Waals surface area contributed by atoms with Gasteiger partial charge in [0.05, 0.1) is 11.3 Å². The monoisotopic (exact) mass is 369 g/mol. The number of rotatable bonds is 5. The first kappa shape index (κ1) is 18.7. The van der Waals surface area contributed by atoms with E-state index in [0.717, 1.165) is 23.8 Å². The molecule has 1 aromatic carbocycles. The van der Waals surface area contributed by atoms with Gasteiger partial charge in [0.1, 0.15) is 0 Å². The summed E-state index contributed by atoms with van der Waals surface area (Å²) >= 11 is 1.46. The number of esters is 1. The van der Waals surface area contributed by atoms with E-state index >= 15 is 0 Å². The summed E-state index contributed by atoms with van der Waals surface area (Å²) in [6, 6.07) is 6.36. The fourth-order valence-electron chi connectivity index (χ4n) is 1.87. The smallest absolute Gasteiger partial charge is 0.418 e. The van der Waals surface area contributed by atoms with Gasteiger partial charge < -0.3 is 10.1 Å². The van der Waals surface area contributed by atoms with Crippen LogP contribution >= 0.6 is 11.3 Å². The average Bonchev–Trinajstić information content (AvgIpc) is 3.05. The molecular formula is C17H14F3NO3S. The van der Waals surface area contributed by atoms with Crippen LogP contribution in [0.1, 0.15) is 18.1 Å². The topological polar surface area (TPSA) is 55.4 Å². The van der Waals surface area contributed by atoms with Crippen molar-refractivity contribution in [3.8, 4) is 0 Å². The van der Waals surface area contributed by atoms with Crippen LogP contribution in [0.2, 0.25) is 0 Å². The Bertz CT molecular complexity index is 770. The molecule has 25 heavy (non-hydrogen) atoms. The number of carbonyl (C=O) groups is 2. The number of thiophene rings is 1. The van der Waals surface area contributed by atoms with Gasteiger partial charge in [0.2, 0.25) is 0 Å². The van der Waals surface area contributed by atoms with Gasteiger partial charge in [-0.2, -0.15) is 24.5 Å². The fourth-order valence-corrected chi connectivity index (χ4v) is 2.50. The largest absolute Gasteiger partial charge is 0.449 e. The normalized spacial score (nSPS) is 12.8. The summed E-state index contributed by atoms with van der Waals surface area (Å²) < 4.78 is 43.6. The van der Waals surface area contributed by atoms with Gasteiger partial charge >= 0.3 is 12.1 Å². The van der Waals surface area contributed by atoms with Crippen molar-refractivity contribution < 1.29 is 27.5 Å². The SMILES string of the molecule is C[C@H](OC(=O)/C=C/c1ccsc1)C(=O)Nc1ccccc1C(F)(F)F. The van der Waals surface area contributed by atoms with Crippen molar-refractivity contribution in [2.75, 3.05) is 5.32 Å². The summed E-state index contributed by atoms with van der Waals surface area (Å²) in [6.45, 7) is 1.28. The van der Waals surface area contributed by atoms with Gasteiger partial charge in [0, 0.05) is 6.08 Å². The number of alkyl halides is 3. The maximum Gasteiger partial charge on any atom is 0.418 e. The van der Waals surface area contributed by atoms with Gasteiger partial charge in [-0.15, -0.1) is 0 Å². The molecule has 4 nitrogen and oxygen atoms in total. The van der Waals surface area contributed by atoms with Crippen LogP contribution in [0.25, 0.3) is 6.08 Å². The molecule has 0 aliphatic heterocycles. The highest BCUT2D eigenvalue weighted by Crippen LogP contribution is 2.34. The van der Waals surface area contributed by atoms with E-state index in [4.69, 9.17) is 4.74 Å². The molecular weight excluding hydrogens is 355 g/mol. The van der Waals surface area contributed by atoms with Gasteiger partial charge in [0.15, 0.2) is 6.10 Å². The fraction of sp³-hybridized carbons (Fsp3) is 0.176. The Kier molecular flexibility index (Phi) is 5.97. The van der Waals surface area contributed by atoms with Crippen molar-refractivity contribution in [3.63, 3.8) is 0 Å². The summed E-state index contributed by atoms with van der Waals surface area (Å²) in [5, 5.41) is 5.78. The molecule has 0 unspecified atom stereocenters. The average molecular weight is 369 g/mol. The summed E-state index contributed by atoms with van der Waals surface area (Å²) in [5.41, 5.74) is -0.561. The van der Waals surface area contributed by atoms with Crippen LogP contribution < -0.4 is 5.32 Å². The molecule has 2 rings (SSSR count). The quantitative estimate of drug-likeness (QED) is 0.630. The van der Waals surface area contributed by atoms with Crippen molar-refractivity contribution in [3.05, 3.63) is 58.3 Å². The molecule has 132 valence electrons. The zero-order valence-corrected chi connectivity index (χ0v) is 13.9. The lowest BCUT2D eigenvalue weighted by atomic mass is 10.1. The van der Waals surface area contributed by atoms with E-state index in [2.05, 4.69) is 5.32 Å². The summed E-state index contributed by atoms with van der Waals surface area (Å²) in [6.07, 6.45) is -3.19. The van der Waals surface area contributed by atoms with Gasteiger partial charge in [0.25, 0.3) is 5.91 Å². The van der Waals surface area contributed by atoms with Crippen molar-refractivity contribution in [2.45, 2.75) is 19.2 Å². The van der Waals surface area contributed by atoms with Gasteiger partial charge in [-0.3, -0.25) is 4.79 Å². The maximum atomic E-state index is 12.9. The van der Waals surface area contributed by atoms with Crippen LogP contribution in [0.4, 0.5) is 18.9 Å². The summed E-state index contributed by atoms with van der Waals surface area (Å²) in [5.74, 6) is -1.62. The molecule has 0 saturated heterocycles. The number of halogens is 3. The van der Waals surface area contributed by atoms with Crippen LogP contribution in [0.15, 0.2) is 47.2 Å². The summed E-state index contributed by atoms with van der Waals surface area (Å²) in [4.78, 5) is 23.6. The molecule has 0 fully saturated rings. The van der Waals surface area contributed by atoms with Gasteiger partial charge in [-0.25, -0.2) is 4.79 Å². The zero-order valence-electron chi connectivity index (χ0n) is 13.0. The first-order valence-corrected chi connectivity index (χ1v) is 8.09. The number of amides is 1. The van der Waals surface area contributed by atoms with E-state index in [1.165, 1.54) is 36.5 Å². The van der Waals surface area contributed by atoms with E-state index < -0.39 is 35.4 Å². The van der Waals surface area contributed by atoms with Gasteiger partial charge in [-0.1, -0.05) is 12.1 Å². The summed E-state index contributed by atoms with van der Waals surface area (Å²) in [7, 11) is 0. The Balaban J connectivity index is 1.98. The molecule has 2 aromatic rings. The first-order chi connectivity index (χ1) is 11.8. The van der Waals surface area contributed by atoms with E-state index in [9.17, 15) is 22.8 Å². The van der Waals surface area contributed by atoms with Crippen molar-refractivity contribution in [2.24, 2.45) is 0 Å². The molecule has 1 aromatic heterocycles. The Morgan fingerprint density at radius 2 is 1.96 bits per heavy atom. The Morgan fingerprint density at radius 1 is 1.24 bits per heavy atom. The van der Waals surface area contributed by atoms with E-state index in [-0.39, 0.29) is 0 Å². The second-order valence-corrected chi connectivity index (χ2v) is 5.78. The predicted molar refractivity (Wildman–Crippen MR) is 89.0 cm³/mol. The molecule has 1 atom stereocenters. The van der Waals surface area contributed by atoms with E-state index in [1.54, 1.807) is 6.07 Å². The molecule has 0 saturated carbocycles. The molecule has 0 bridgehead atoms. The van der Waals surface area contributed by atoms with E-state index in [1.807, 2.05) is 10.8 Å². The minimum Gasteiger partial charge on any atom is -0.449 e. The van der Waals surface area contributed by atoms with Crippen LogP contribution in [-0.2, 0) is 20.5 Å². The van der Waals surface area contributed by atoms with Crippen molar-refractivity contribution in [1.82, 2.24) is 0 Å².